The number of amides is 1. The molecule has 2 atom stereocenters. The standard InChI is InChI=1S/C24H26B3N5O6/c1-34-5-6-36-19-10-16-13-37-22-20(35-2)12-32-21(30-22)18(11-29-32)14-7-15(28-3-4-31(16)23(19)33)9-17(8-14)38-24(25,26)27/h7-9,11-12,16,19,28H,3-6,10,13H2,1-2H3/t16-,19+/m0/s1. The predicted molar refractivity (Wildman–Crippen MR) is 141 cm³/mol. The van der Waals surface area contributed by atoms with Crippen LogP contribution in [0.25, 0.3) is 16.8 Å². The summed E-state index contributed by atoms with van der Waals surface area (Å²) in [6.45, 7) is 1.80. The highest BCUT2D eigenvalue weighted by molar-refractivity contribution is 6.58. The number of nitrogens with one attached hydrogen (secondary N) is 1. The monoisotopic (exact) mass is 513 g/mol. The number of carbonyl (C=O) groups excluding carboxylic acids is 1. The second kappa shape index (κ2) is 10.8. The van der Waals surface area contributed by atoms with Gasteiger partial charge in [-0.05, 0) is 23.0 Å². The minimum absolute atomic E-state index is 0.103. The first-order valence-corrected chi connectivity index (χ1v) is 12.2. The van der Waals surface area contributed by atoms with Gasteiger partial charge >= 0.3 is 0 Å². The predicted octanol–water partition coefficient (Wildman–Crippen LogP) is 0.337. The average molecular weight is 513 g/mol. The SMILES string of the molecule is [B]C([B])([B])Oc1cc2cc(c1)-c1cnn3cc(OC)c(nc13)OC[C@@H]1C[C@@H](OCCOC)C(=O)N1CCN2. The fourth-order valence-corrected chi connectivity index (χ4v) is 4.65. The highest BCUT2D eigenvalue weighted by atomic mass is 16.5. The van der Waals surface area contributed by atoms with Gasteiger partial charge in [0.05, 0.1) is 38.8 Å². The maximum atomic E-state index is 13.2. The number of carbonyl (C=O) groups is 1. The molecule has 192 valence electrons. The summed E-state index contributed by atoms with van der Waals surface area (Å²) in [5.74, 6) is 0.928. The molecule has 14 heteroatoms. The van der Waals surface area contributed by atoms with Crippen LogP contribution in [0.5, 0.6) is 17.4 Å². The van der Waals surface area contributed by atoms with Gasteiger partial charge in [-0.2, -0.15) is 10.1 Å². The number of benzene rings is 1. The number of fused-ring (bicyclic) bond motifs is 5. The summed E-state index contributed by atoms with van der Waals surface area (Å²) in [6, 6.07) is 5.15. The van der Waals surface area contributed by atoms with Crippen LogP contribution in [0.1, 0.15) is 6.42 Å². The molecule has 3 aromatic rings. The lowest BCUT2D eigenvalue weighted by atomic mass is 9.52. The van der Waals surface area contributed by atoms with Gasteiger partial charge in [0.25, 0.3) is 11.8 Å². The highest BCUT2D eigenvalue weighted by Gasteiger charge is 2.40. The summed E-state index contributed by atoms with van der Waals surface area (Å²) < 4.78 is 29.6. The Morgan fingerprint density at radius 3 is 2.82 bits per heavy atom. The number of nitrogens with zero attached hydrogens (tertiary/aromatic N) is 4. The van der Waals surface area contributed by atoms with E-state index >= 15 is 0 Å². The first-order chi connectivity index (χ1) is 18.3. The highest BCUT2D eigenvalue weighted by Crippen LogP contribution is 2.35. The zero-order chi connectivity index (χ0) is 26.9. The first-order valence-electron chi connectivity index (χ1n) is 12.2. The zero-order valence-corrected chi connectivity index (χ0v) is 21.3. The van der Waals surface area contributed by atoms with Crippen LogP contribution in [0.15, 0.2) is 30.6 Å². The number of rotatable bonds is 7. The summed E-state index contributed by atoms with van der Waals surface area (Å²) in [4.78, 5) is 19.7. The van der Waals surface area contributed by atoms with Crippen molar-refractivity contribution in [1.82, 2.24) is 19.5 Å². The van der Waals surface area contributed by atoms with Crippen molar-refractivity contribution in [2.75, 3.05) is 52.4 Å². The zero-order valence-electron chi connectivity index (χ0n) is 21.3. The maximum absolute atomic E-state index is 13.2. The minimum Gasteiger partial charge on any atom is -0.516 e. The molecule has 0 spiro atoms. The molecule has 1 saturated heterocycles. The maximum Gasteiger partial charge on any atom is 0.260 e. The second-order valence-corrected chi connectivity index (χ2v) is 9.15. The molecule has 1 amide bonds. The molecule has 1 N–H and O–H groups in total. The molecule has 2 aromatic heterocycles. The largest absolute Gasteiger partial charge is 0.516 e. The van der Waals surface area contributed by atoms with Gasteiger partial charge in [-0.1, -0.05) is 0 Å². The molecular weight excluding hydrogens is 487 g/mol. The Labute approximate surface area is 224 Å². The lowest BCUT2D eigenvalue weighted by Crippen LogP contribution is -2.41. The summed E-state index contributed by atoms with van der Waals surface area (Å²) in [5, 5.41) is 5.90. The second-order valence-electron chi connectivity index (χ2n) is 9.15. The van der Waals surface area contributed by atoms with Crippen LogP contribution in [0.3, 0.4) is 0 Å². The Bertz CT molecular complexity index is 1320. The quantitative estimate of drug-likeness (QED) is 0.354. The van der Waals surface area contributed by atoms with Crippen molar-refractivity contribution in [3.8, 4) is 28.5 Å². The van der Waals surface area contributed by atoms with E-state index in [1.807, 2.05) is 6.07 Å². The third-order valence-electron chi connectivity index (χ3n) is 6.35. The van der Waals surface area contributed by atoms with Crippen molar-refractivity contribution in [2.24, 2.45) is 0 Å². The van der Waals surface area contributed by atoms with Gasteiger partial charge in [-0.3, -0.25) is 4.79 Å². The molecule has 11 nitrogen and oxygen atoms in total. The summed E-state index contributed by atoms with van der Waals surface area (Å²) >= 11 is 0. The lowest BCUT2D eigenvalue weighted by molar-refractivity contribution is -0.138. The van der Waals surface area contributed by atoms with Crippen molar-refractivity contribution in [3.05, 3.63) is 30.6 Å². The molecule has 2 aliphatic rings. The third-order valence-corrected chi connectivity index (χ3v) is 6.35. The van der Waals surface area contributed by atoms with Crippen LogP contribution < -0.4 is 19.5 Å². The van der Waals surface area contributed by atoms with Crippen LogP contribution in [0.4, 0.5) is 5.69 Å². The van der Waals surface area contributed by atoms with Crippen LogP contribution in [-0.4, -0.2) is 114 Å². The minimum atomic E-state index is -1.88. The molecule has 1 aromatic carbocycles. The summed E-state index contributed by atoms with van der Waals surface area (Å²) in [5.41, 5.74) is 2.68. The summed E-state index contributed by atoms with van der Waals surface area (Å²) in [7, 11) is 20.2. The van der Waals surface area contributed by atoms with E-state index in [4.69, 9.17) is 52.2 Å². The van der Waals surface area contributed by atoms with E-state index in [0.29, 0.717) is 61.1 Å². The topological polar surface area (TPSA) is 109 Å². The van der Waals surface area contributed by atoms with Gasteiger partial charge in [0, 0.05) is 43.9 Å². The van der Waals surface area contributed by atoms with Crippen LogP contribution in [0, 0.1) is 0 Å². The number of ether oxygens (including phenoxy) is 5. The van der Waals surface area contributed by atoms with Gasteiger partial charge in [0.15, 0.2) is 11.4 Å². The molecule has 6 radical (unpaired) electrons. The Balaban J connectivity index is 1.54. The van der Waals surface area contributed by atoms with Gasteiger partial charge in [-0.25, -0.2) is 4.52 Å². The van der Waals surface area contributed by atoms with Crippen LogP contribution in [-0.2, 0) is 14.3 Å². The third kappa shape index (κ3) is 5.56. The Hall–Kier alpha value is -3.38. The number of aromatic nitrogens is 3. The van der Waals surface area contributed by atoms with E-state index in [1.165, 1.54) is 7.11 Å². The van der Waals surface area contributed by atoms with E-state index in [9.17, 15) is 4.79 Å². The Kier molecular flexibility index (Phi) is 7.44. The Morgan fingerprint density at radius 1 is 1.21 bits per heavy atom. The van der Waals surface area contributed by atoms with Gasteiger partial charge < -0.3 is 33.9 Å². The molecular formula is C24H26B3N5O6. The van der Waals surface area contributed by atoms with E-state index in [-0.39, 0.29) is 24.4 Å². The van der Waals surface area contributed by atoms with Gasteiger partial charge in [0.2, 0.25) is 0 Å². The molecule has 0 saturated carbocycles. The molecule has 1 fully saturated rings. The molecule has 4 bridgehead atoms. The van der Waals surface area contributed by atoms with Crippen molar-refractivity contribution in [3.63, 3.8) is 0 Å². The smallest absolute Gasteiger partial charge is 0.260 e. The number of anilines is 1. The van der Waals surface area contributed by atoms with Crippen LogP contribution >= 0.6 is 0 Å². The van der Waals surface area contributed by atoms with Crippen molar-refractivity contribution in [2.45, 2.75) is 23.9 Å². The Morgan fingerprint density at radius 2 is 2.05 bits per heavy atom. The first kappa shape index (κ1) is 26.2. The van der Waals surface area contributed by atoms with Crippen molar-refractivity contribution >= 4 is 40.8 Å². The van der Waals surface area contributed by atoms with E-state index in [1.54, 1.807) is 41.1 Å². The van der Waals surface area contributed by atoms with E-state index in [2.05, 4.69) is 10.4 Å². The fourth-order valence-electron chi connectivity index (χ4n) is 4.65. The number of hydrogen-bond acceptors (Lipinski definition) is 9. The molecule has 38 heavy (non-hydrogen) atoms. The number of methoxy groups -OCH3 is 2. The lowest BCUT2D eigenvalue weighted by Gasteiger charge is -2.26. The molecule has 5 rings (SSSR count). The van der Waals surface area contributed by atoms with Crippen LogP contribution in [0.2, 0.25) is 0 Å². The molecule has 0 unspecified atom stereocenters. The van der Waals surface area contributed by atoms with Gasteiger partial charge in [0.1, 0.15) is 42.0 Å². The van der Waals surface area contributed by atoms with Gasteiger partial charge in [-0.15, -0.1) is 0 Å². The normalized spacial score (nSPS) is 19.5. The molecule has 4 heterocycles. The average Bonchev–Trinajstić information content (AvgIpc) is 3.41. The molecule has 0 aliphatic carbocycles. The molecule has 2 aliphatic heterocycles. The van der Waals surface area contributed by atoms with E-state index < -0.39 is 11.4 Å². The van der Waals surface area contributed by atoms with E-state index in [0.717, 1.165) is 5.56 Å². The number of hydrogen-bond donors (Lipinski definition) is 1. The van der Waals surface area contributed by atoms with Crippen molar-refractivity contribution in [1.29, 1.82) is 0 Å². The fraction of sp³-hybridized carbons (Fsp3) is 0.458. The summed E-state index contributed by atoms with van der Waals surface area (Å²) in [6.07, 6.45) is 3.26. The van der Waals surface area contributed by atoms with Crippen molar-refractivity contribution < 1.29 is 28.5 Å².